The van der Waals surface area contributed by atoms with E-state index in [1.807, 2.05) is 12.1 Å². The number of carboxylic acids is 1. The highest BCUT2D eigenvalue weighted by atomic mass is 35.5. The Labute approximate surface area is 121 Å². The number of hydrogen-bond donors (Lipinski definition) is 1. The van der Waals surface area contributed by atoms with E-state index in [0.29, 0.717) is 22.4 Å². The summed E-state index contributed by atoms with van der Waals surface area (Å²) in [4.78, 5) is 12.5. The van der Waals surface area contributed by atoms with Gasteiger partial charge in [0, 0.05) is 0 Å². The Balaban J connectivity index is 2.14. The van der Waals surface area contributed by atoms with Crippen LogP contribution in [0.2, 0.25) is 5.02 Å². The maximum absolute atomic E-state index is 10.9. The molecule has 2 rings (SSSR count). The molecular formula is C13H14ClN3O3. The third kappa shape index (κ3) is 3.15. The third-order valence-electron chi connectivity index (χ3n) is 2.97. The number of halogens is 1. The average Bonchev–Trinajstić information content (AvgIpc) is 2.86. The van der Waals surface area contributed by atoms with Gasteiger partial charge in [0.05, 0.1) is 17.1 Å². The van der Waals surface area contributed by atoms with Crippen molar-refractivity contribution in [3.63, 3.8) is 0 Å². The summed E-state index contributed by atoms with van der Waals surface area (Å²) in [5, 5.41) is 17.3. The van der Waals surface area contributed by atoms with Gasteiger partial charge < -0.3 is 9.52 Å². The van der Waals surface area contributed by atoms with E-state index in [9.17, 15) is 4.79 Å². The highest BCUT2D eigenvalue weighted by Gasteiger charge is 2.19. The van der Waals surface area contributed by atoms with Crippen LogP contribution in [0.1, 0.15) is 12.8 Å². The SMILES string of the molecule is CC(C(=O)O)N(C)Cc1nnc(-c2ccccc2Cl)o1. The summed E-state index contributed by atoms with van der Waals surface area (Å²) >= 11 is 6.05. The van der Waals surface area contributed by atoms with Crippen molar-refractivity contribution in [3.05, 3.63) is 35.2 Å². The van der Waals surface area contributed by atoms with Crippen molar-refractivity contribution in [1.29, 1.82) is 0 Å². The maximum Gasteiger partial charge on any atom is 0.320 e. The fraction of sp³-hybridized carbons (Fsp3) is 0.308. The summed E-state index contributed by atoms with van der Waals surface area (Å²) in [5.74, 6) is -0.240. The van der Waals surface area contributed by atoms with Gasteiger partial charge in [0.1, 0.15) is 6.04 Å². The number of carboxylic acid groups (broad SMARTS) is 1. The molecule has 1 unspecified atom stereocenters. The van der Waals surface area contributed by atoms with Gasteiger partial charge >= 0.3 is 5.97 Å². The van der Waals surface area contributed by atoms with Crippen molar-refractivity contribution < 1.29 is 14.3 Å². The lowest BCUT2D eigenvalue weighted by Crippen LogP contribution is -2.35. The van der Waals surface area contributed by atoms with Crippen LogP contribution in [-0.2, 0) is 11.3 Å². The van der Waals surface area contributed by atoms with Gasteiger partial charge in [-0.1, -0.05) is 23.7 Å². The van der Waals surface area contributed by atoms with Crippen molar-refractivity contribution in [2.45, 2.75) is 19.5 Å². The zero-order valence-corrected chi connectivity index (χ0v) is 11.8. The van der Waals surface area contributed by atoms with E-state index >= 15 is 0 Å². The number of aliphatic carboxylic acids is 1. The molecule has 0 saturated carbocycles. The molecular weight excluding hydrogens is 282 g/mol. The normalized spacial score (nSPS) is 12.6. The summed E-state index contributed by atoms with van der Waals surface area (Å²) in [7, 11) is 1.68. The van der Waals surface area contributed by atoms with Gasteiger partial charge in [-0.15, -0.1) is 10.2 Å². The molecule has 6 nitrogen and oxygen atoms in total. The highest BCUT2D eigenvalue weighted by Crippen LogP contribution is 2.26. The molecule has 0 fully saturated rings. The van der Waals surface area contributed by atoms with Crippen LogP contribution < -0.4 is 0 Å². The summed E-state index contributed by atoms with van der Waals surface area (Å²) < 4.78 is 5.51. The van der Waals surface area contributed by atoms with E-state index in [1.165, 1.54) is 0 Å². The van der Waals surface area contributed by atoms with E-state index in [1.54, 1.807) is 31.0 Å². The van der Waals surface area contributed by atoms with Gasteiger partial charge in [-0.3, -0.25) is 9.69 Å². The topological polar surface area (TPSA) is 79.5 Å². The van der Waals surface area contributed by atoms with Crippen LogP contribution in [0.3, 0.4) is 0 Å². The van der Waals surface area contributed by atoms with Crippen LogP contribution in [-0.4, -0.2) is 39.3 Å². The highest BCUT2D eigenvalue weighted by molar-refractivity contribution is 6.33. The first-order valence-electron chi connectivity index (χ1n) is 5.99. The molecule has 2 aromatic rings. The number of aromatic nitrogens is 2. The number of rotatable bonds is 5. The standard InChI is InChI=1S/C13H14ClN3O3/c1-8(13(18)19)17(2)7-11-15-16-12(20-11)9-5-3-4-6-10(9)14/h3-6,8H,7H2,1-2H3,(H,18,19). The second kappa shape index (κ2) is 6.02. The maximum atomic E-state index is 10.9. The second-order valence-corrected chi connectivity index (χ2v) is 4.82. The minimum absolute atomic E-state index is 0.255. The Morgan fingerprint density at radius 3 is 2.80 bits per heavy atom. The van der Waals surface area contributed by atoms with Crippen molar-refractivity contribution in [2.75, 3.05) is 7.05 Å². The number of likely N-dealkylation sites (N-methyl/N-ethyl adjacent to an activating group) is 1. The predicted octanol–water partition coefficient (Wildman–Crippen LogP) is 2.29. The first-order valence-corrected chi connectivity index (χ1v) is 6.37. The minimum Gasteiger partial charge on any atom is -0.480 e. The first-order chi connectivity index (χ1) is 9.49. The van der Waals surface area contributed by atoms with Crippen LogP contribution in [0.25, 0.3) is 11.5 Å². The zero-order chi connectivity index (χ0) is 14.7. The molecule has 1 atom stereocenters. The number of hydrogen-bond acceptors (Lipinski definition) is 5. The van der Waals surface area contributed by atoms with Gasteiger partial charge in [0.15, 0.2) is 0 Å². The molecule has 20 heavy (non-hydrogen) atoms. The Bertz CT molecular complexity index is 614. The second-order valence-electron chi connectivity index (χ2n) is 4.41. The third-order valence-corrected chi connectivity index (χ3v) is 3.30. The summed E-state index contributed by atoms with van der Waals surface area (Å²) in [6.45, 7) is 1.85. The van der Waals surface area contributed by atoms with Crippen LogP contribution in [0, 0.1) is 0 Å². The molecule has 0 spiro atoms. The molecule has 1 heterocycles. The molecule has 1 aromatic carbocycles. The molecule has 0 bridgehead atoms. The average molecular weight is 296 g/mol. The summed E-state index contributed by atoms with van der Waals surface area (Å²) in [6, 6.07) is 6.52. The Morgan fingerprint density at radius 2 is 2.15 bits per heavy atom. The smallest absolute Gasteiger partial charge is 0.320 e. The van der Waals surface area contributed by atoms with Crippen LogP contribution in [0.4, 0.5) is 0 Å². The zero-order valence-electron chi connectivity index (χ0n) is 11.1. The first kappa shape index (κ1) is 14.5. The van der Waals surface area contributed by atoms with Gasteiger partial charge in [-0.2, -0.15) is 0 Å². The molecule has 0 saturated heterocycles. The van der Waals surface area contributed by atoms with Crippen molar-refractivity contribution in [1.82, 2.24) is 15.1 Å². The number of benzene rings is 1. The number of nitrogens with zero attached hydrogens (tertiary/aromatic N) is 3. The molecule has 0 aliphatic heterocycles. The Hall–Kier alpha value is -1.92. The van der Waals surface area contributed by atoms with E-state index in [0.717, 1.165) is 0 Å². The van der Waals surface area contributed by atoms with E-state index in [4.69, 9.17) is 21.1 Å². The van der Waals surface area contributed by atoms with Gasteiger partial charge in [-0.05, 0) is 26.1 Å². The Kier molecular flexibility index (Phi) is 4.36. The summed E-state index contributed by atoms with van der Waals surface area (Å²) in [6.07, 6.45) is 0. The fourth-order valence-corrected chi connectivity index (χ4v) is 1.82. The quantitative estimate of drug-likeness (QED) is 0.911. The molecule has 0 amide bonds. The van der Waals surface area contributed by atoms with Crippen LogP contribution in [0.5, 0.6) is 0 Å². The lowest BCUT2D eigenvalue weighted by Gasteiger charge is -2.18. The largest absolute Gasteiger partial charge is 0.480 e. The molecule has 1 aromatic heterocycles. The van der Waals surface area contributed by atoms with E-state index in [2.05, 4.69) is 10.2 Å². The fourth-order valence-electron chi connectivity index (χ4n) is 1.60. The molecule has 1 N–H and O–H groups in total. The van der Waals surface area contributed by atoms with Crippen molar-refractivity contribution in [2.24, 2.45) is 0 Å². The molecule has 0 aliphatic carbocycles. The molecule has 0 radical (unpaired) electrons. The lowest BCUT2D eigenvalue weighted by atomic mass is 10.2. The molecule has 7 heteroatoms. The van der Waals surface area contributed by atoms with Gasteiger partial charge in [0.2, 0.25) is 11.8 Å². The minimum atomic E-state index is -0.904. The van der Waals surface area contributed by atoms with Gasteiger partial charge in [0.25, 0.3) is 0 Å². The monoisotopic (exact) mass is 295 g/mol. The van der Waals surface area contributed by atoms with Crippen LogP contribution in [0.15, 0.2) is 28.7 Å². The van der Waals surface area contributed by atoms with Crippen LogP contribution >= 0.6 is 11.6 Å². The summed E-state index contributed by atoms with van der Waals surface area (Å²) in [5.41, 5.74) is 0.654. The Morgan fingerprint density at radius 1 is 1.45 bits per heavy atom. The predicted molar refractivity (Wildman–Crippen MR) is 73.3 cm³/mol. The lowest BCUT2D eigenvalue weighted by molar-refractivity contribution is -0.142. The molecule has 0 aliphatic rings. The van der Waals surface area contributed by atoms with E-state index in [-0.39, 0.29) is 6.54 Å². The molecule has 106 valence electrons. The van der Waals surface area contributed by atoms with Gasteiger partial charge in [-0.25, -0.2) is 0 Å². The van der Waals surface area contributed by atoms with Crippen molar-refractivity contribution >= 4 is 17.6 Å². The van der Waals surface area contributed by atoms with E-state index < -0.39 is 12.0 Å². The van der Waals surface area contributed by atoms with Crippen molar-refractivity contribution in [3.8, 4) is 11.5 Å². The number of carbonyl (C=O) groups is 1.